The fourth-order valence-corrected chi connectivity index (χ4v) is 2.42. The Morgan fingerprint density at radius 2 is 1.82 bits per heavy atom. The summed E-state index contributed by atoms with van der Waals surface area (Å²) < 4.78 is 5.27. The van der Waals surface area contributed by atoms with Crippen LogP contribution in [0.3, 0.4) is 0 Å². The van der Waals surface area contributed by atoms with Gasteiger partial charge in [0.2, 0.25) is 0 Å². The number of primary amides is 1. The van der Waals surface area contributed by atoms with Crippen LogP contribution in [0.2, 0.25) is 0 Å². The topological polar surface area (TPSA) is 81.4 Å². The van der Waals surface area contributed by atoms with Crippen molar-refractivity contribution >= 4 is 29.3 Å². The van der Waals surface area contributed by atoms with Crippen LogP contribution < -0.4 is 15.8 Å². The van der Waals surface area contributed by atoms with E-state index in [4.69, 9.17) is 10.5 Å². The van der Waals surface area contributed by atoms with Crippen LogP contribution in [-0.2, 0) is 4.79 Å². The molecule has 0 saturated carbocycles. The van der Waals surface area contributed by atoms with E-state index in [-0.39, 0.29) is 12.5 Å². The second kappa shape index (κ2) is 7.51. The molecule has 6 heteroatoms. The van der Waals surface area contributed by atoms with Gasteiger partial charge in [0.25, 0.3) is 11.8 Å². The zero-order valence-corrected chi connectivity index (χ0v) is 12.9. The van der Waals surface area contributed by atoms with Crippen LogP contribution in [0.1, 0.15) is 10.4 Å². The third-order valence-corrected chi connectivity index (χ3v) is 3.65. The first-order valence-corrected chi connectivity index (χ1v) is 7.79. The maximum atomic E-state index is 12.4. The van der Waals surface area contributed by atoms with Crippen molar-refractivity contribution in [3.05, 3.63) is 54.1 Å². The molecule has 0 atom stereocenters. The van der Waals surface area contributed by atoms with E-state index in [1.807, 2.05) is 30.5 Å². The Hall–Kier alpha value is -2.47. The maximum Gasteiger partial charge on any atom is 0.259 e. The maximum absolute atomic E-state index is 12.4. The van der Waals surface area contributed by atoms with Gasteiger partial charge >= 0.3 is 0 Å². The number of ether oxygens (including phenoxy) is 1. The van der Waals surface area contributed by atoms with Gasteiger partial charge < -0.3 is 15.8 Å². The fraction of sp³-hybridized carbons (Fsp3) is 0.125. The van der Waals surface area contributed by atoms with Crippen molar-refractivity contribution in [3.63, 3.8) is 0 Å². The average Bonchev–Trinajstić information content (AvgIpc) is 2.53. The number of nitrogens with one attached hydrogen (secondary N) is 1. The highest BCUT2D eigenvalue weighted by atomic mass is 32.2. The number of nitrogens with two attached hydrogens (primary N) is 1. The van der Waals surface area contributed by atoms with Crippen LogP contribution in [0.15, 0.2) is 53.4 Å². The predicted molar refractivity (Wildman–Crippen MR) is 87.3 cm³/mol. The zero-order chi connectivity index (χ0) is 15.9. The van der Waals surface area contributed by atoms with Crippen molar-refractivity contribution in [1.29, 1.82) is 0 Å². The van der Waals surface area contributed by atoms with Crippen LogP contribution in [-0.4, -0.2) is 24.7 Å². The van der Waals surface area contributed by atoms with E-state index in [2.05, 4.69) is 5.32 Å². The van der Waals surface area contributed by atoms with Gasteiger partial charge in [0, 0.05) is 4.90 Å². The van der Waals surface area contributed by atoms with Gasteiger partial charge in [-0.1, -0.05) is 24.3 Å². The highest BCUT2D eigenvalue weighted by Gasteiger charge is 2.14. The molecule has 0 aliphatic rings. The van der Waals surface area contributed by atoms with E-state index in [0.717, 1.165) is 10.6 Å². The van der Waals surface area contributed by atoms with Gasteiger partial charge in [0.1, 0.15) is 5.75 Å². The molecular weight excluding hydrogens is 300 g/mol. The Bertz CT molecular complexity index is 689. The van der Waals surface area contributed by atoms with Crippen LogP contribution >= 0.6 is 11.8 Å². The molecule has 2 aromatic carbocycles. The van der Waals surface area contributed by atoms with Crippen molar-refractivity contribution < 1.29 is 14.3 Å². The average molecular weight is 316 g/mol. The third-order valence-electron chi connectivity index (χ3n) is 2.86. The Labute approximate surface area is 132 Å². The first kappa shape index (κ1) is 15.9. The fourth-order valence-electron chi connectivity index (χ4n) is 1.87. The lowest BCUT2D eigenvalue weighted by atomic mass is 10.2. The molecule has 2 amide bonds. The second-order valence-electron chi connectivity index (χ2n) is 4.41. The molecule has 0 aliphatic heterocycles. The van der Waals surface area contributed by atoms with Crippen LogP contribution in [0.4, 0.5) is 5.69 Å². The summed E-state index contributed by atoms with van der Waals surface area (Å²) in [5.41, 5.74) is 6.13. The van der Waals surface area contributed by atoms with Crippen molar-refractivity contribution in [2.24, 2.45) is 5.73 Å². The highest BCUT2D eigenvalue weighted by molar-refractivity contribution is 7.98. The molecule has 0 radical (unpaired) electrons. The van der Waals surface area contributed by atoms with Gasteiger partial charge in [-0.05, 0) is 30.5 Å². The molecule has 5 nitrogen and oxygen atoms in total. The van der Waals surface area contributed by atoms with Gasteiger partial charge in [0.05, 0.1) is 11.3 Å². The molecule has 0 aliphatic carbocycles. The molecular formula is C16H16N2O3S. The summed E-state index contributed by atoms with van der Waals surface area (Å²) >= 11 is 1.54. The number of hydrogen-bond donors (Lipinski definition) is 2. The first-order valence-electron chi connectivity index (χ1n) is 6.56. The predicted octanol–water partition coefficient (Wildman–Crippen LogP) is 2.52. The summed E-state index contributed by atoms with van der Waals surface area (Å²) in [5, 5.41) is 2.85. The molecule has 114 valence electrons. The van der Waals surface area contributed by atoms with Crippen molar-refractivity contribution in [1.82, 2.24) is 0 Å². The molecule has 22 heavy (non-hydrogen) atoms. The van der Waals surface area contributed by atoms with Gasteiger partial charge in [-0.2, -0.15) is 0 Å². The quantitative estimate of drug-likeness (QED) is 0.802. The van der Waals surface area contributed by atoms with Crippen molar-refractivity contribution in [3.8, 4) is 5.75 Å². The lowest BCUT2D eigenvalue weighted by molar-refractivity contribution is -0.119. The molecule has 0 heterocycles. The lowest BCUT2D eigenvalue weighted by Gasteiger charge is -2.12. The summed E-state index contributed by atoms with van der Waals surface area (Å²) in [4.78, 5) is 24.2. The molecule has 0 spiro atoms. The van der Waals surface area contributed by atoms with E-state index < -0.39 is 5.91 Å². The number of carbonyl (C=O) groups is 2. The first-order chi connectivity index (χ1) is 10.6. The van der Waals surface area contributed by atoms with Crippen LogP contribution in [0.25, 0.3) is 0 Å². The van der Waals surface area contributed by atoms with Crippen LogP contribution in [0, 0.1) is 0 Å². The molecule has 0 fully saturated rings. The standard InChI is InChI=1S/C16H16N2O3S/c1-22-14-9-5-3-7-12(14)18-16(20)11-6-2-4-8-13(11)21-10-15(17)19/h2-9H,10H2,1H3,(H2,17,19)(H,18,20). The number of rotatable bonds is 6. The largest absolute Gasteiger partial charge is 0.483 e. The highest BCUT2D eigenvalue weighted by Crippen LogP contribution is 2.26. The van der Waals surface area contributed by atoms with Crippen molar-refractivity contribution in [2.75, 3.05) is 18.2 Å². The minimum atomic E-state index is -0.595. The van der Waals surface area contributed by atoms with Gasteiger partial charge in [-0.3, -0.25) is 9.59 Å². The number of thioether (sulfide) groups is 1. The molecule has 0 unspecified atom stereocenters. The van der Waals surface area contributed by atoms with Gasteiger partial charge in [-0.15, -0.1) is 11.8 Å². The van der Waals surface area contributed by atoms with Gasteiger partial charge in [-0.25, -0.2) is 0 Å². The molecule has 2 aromatic rings. The number of carbonyl (C=O) groups excluding carboxylic acids is 2. The molecule has 0 bridgehead atoms. The Morgan fingerprint density at radius 1 is 1.14 bits per heavy atom. The summed E-state index contributed by atoms with van der Waals surface area (Å²) in [6.07, 6.45) is 1.94. The Kier molecular flexibility index (Phi) is 5.43. The zero-order valence-electron chi connectivity index (χ0n) is 12.0. The number of para-hydroxylation sites is 2. The minimum Gasteiger partial charge on any atom is -0.483 e. The monoisotopic (exact) mass is 316 g/mol. The summed E-state index contributed by atoms with van der Waals surface area (Å²) in [7, 11) is 0. The normalized spacial score (nSPS) is 10.0. The molecule has 3 N–H and O–H groups in total. The molecule has 0 saturated heterocycles. The summed E-state index contributed by atoms with van der Waals surface area (Å²) in [6.45, 7) is -0.272. The van der Waals surface area contributed by atoms with E-state index >= 15 is 0 Å². The number of hydrogen-bond acceptors (Lipinski definition) is 4. The van der Waals surface area contributed by atoms with Crippen molar-refractivity contribution in [2.45, 2.75) is 4.90 Å². The summed E-state index contributed by atoms with van der Waals surface area (Å²) in [6, 6.07) is 14.2. The number of amides is 2. The van der Waals surface area contributed by atoms with Gasteiger partial charge in [0.15, 0.2) is 6.61 Å². The van der Waals surface area contributed by atoms with E-state index in [0.29, 0.717) is 11.3 Å². The van der Waals surface area contributed by atoms with E-state index in [1.165, 1.54) is 0 Å². The molecule has 2 rings (SSSR count). The SMILES string of the molecule is CSc1ccccc1NC(=O)c1ccccc1OCC(N)=O. The van der Waals surface area contributed by atoms with Crippen LogP contribution in [0.5, 0.6) is 5.75 Å². The molecule has 0 aromatic heterocycles. The minimum absolute atomic E-state index is 0.272. The third kappa shape index (κ3) is 4.02. The second-order valence-corrected chi connectivity index (χ2v) is 5.25. The smallest absolute Gasteiger partial charge is 0.259 e. The Morgan fingerprint density at radius 3 is 2.55 bits per heavy atom. The van der Waals surface area contributed by atoms with E-state index in [9.17, 15) is 9.59 Å². The Balaban J connectivity index is 2.20. The lowest BCUT2D eigenvalue weighted by Crippen LogP contribution is -2.21. The van der Waals surface area contributed by atoms with E-state index in [1.54, 1.807) is 36.0 Å². The summed E-state index contributed by atoms with van der Waals surface area (Å²) in [5.74, 6) is -0.579. The number of benzene rings is 2. The number of anilines is 1.